The molecular formula is C12H15NO. The summed E-state index contributed by atoms with van der Waals surface area (Å²) in [6.45, 7) is 2.82. The van der Waals surface area contributed by atoms with E-state index in [1.165, 1.54) is 16.5 Å². The summed E-state index contributed by atoms with van der Waals surface area (Å²) < 4.78 is 5.38. The topological polar surface area (TPSA) is 39.2 Å². The molecule has 1 heterocycles. The van der Waals surface area contributed by atoms with Crippen LogP contribution in [0.5, 0.6) is 0 Å². The van der Waals surface area contributed by atoms with E-state index in [4.69, 9.17) is 10.2 Å². The third-order valence-electron chi connectivity index (χ3n) is 2.50. The minimum atomic E-state index is 0.752. The van der Waals surface area contributed by atoms with E-state index < -0.39 is 0 Å². The van der Waals surface area contributed by atoms with Crippen molar-refractivity contribution in [2.45, 2.75) is 19.8 Å². The minimum absolute atomic E-state index is 0.752. The van der Waals surface area contributed by atoms with E-state index >= 15 is 0 Å². The number of hydrogen-bond donors (Lipinski definition) is 1. The van der Waals surface area contributed by atoms with Gasteiger partial charge in [-0.2, -0.15) is 0 Å². The van der Waals surface area contributed by atoms with Gasteiger partial charge in [0.15, 0.2) is 0 Å². The molecule has 0 amide bonds. The molecule has 2 aromatic rings. The van der Waals surface area contributed by atoms with Crippen LogP contribution in [-0.4, -0.2) is 6.54 Å². The summed E-state index contributed by atoms with van der Waals surface area (Å²) in [5, 5.41) is 1.22. The Labute approximate surface area is 83.7 Å². The Bertz CT molecular complexity index is 431. The standard InChI is InChI=1S/C12H15NO/c1-9-8-14-12-5-4-10(3-2-6-13)7-11(9)12/h4-5,7-8H,2-3,6,13H2,1H3. The molecule has 2 nitrogen and oxygen atoms in total. The molecule has 0 saturated heterocycles. The van der Waals surface area contributed by atoms with Crippen LogP contribution in [0.4, 0.5) is 0 Å². The van der Waals surface area contributed by atoms with Gasteiger partial charge in [-0.05, 0) is 49.6 Å². The van der Waals surface area contributed by atoms with Crippen LogP contribution in [-0.2, 0) is 6.42 Å². The fourth-order valence-corrected chi connectivity index (χ4v) is 1.67. The Morgan fingerprint density at radius 2 is 2.21 bits per heavy atom. The normalized spacial score (nSPS) is 11.0. The molecule has 1 aromatic carbocycles. The van der Waals surface area contributed by atoms with Crippen LogP contribution < -0.4 is 5.73 Å². The van der Waals surface area contributed by atoms with Crippen LogP contribution in [0.25, 0.3) is 11.0 Å². The highest BCUT2D eigenvalue weighted by molar-refractivity contribution is 5.81. The molecule has 0 bridgehead atoms. The van der Waals surface area contributed by atoms with Crippen molar-refractivity contribution in [1.82, 2.24) is 0 Å². The molecule has 0 aliphatic rings. The van der Waals surface area contributed by atoms with Crippen molar-refractivity contribution < 1.29 is 4.42 Å². The summed E-state index contributed by atoms with van der Waals surface area (Å²) >= 11 is 0. The molecule has 0 fully saturated rings. The maximum Gasteiger partial charge on any atom is 0.134 e. The lowest BCUT2D eigenvalue weighted by Gasteiger charge is -1.99. The fourth-order valence-electron chi connectivity index (χ4n) is 1.67. The third kappa shape index (κ3) is 1.66. The largest absolute Gasteiger partial charge is 0.464 e. The molecule has 0 aliphatic heterocycles. The molecule has 14 heavy (non-hydrogen) atoms. The highest BCUT2D eigenvalue weighted by Gasteiger charge is 2.02. The van der Waals surface area contributed by atoms with E-state index in [1.54, 1.807) is 6.26 Å². The van der Waals surface area contributed by atoms with Gasteiger partial charge < -0.3 is 10.2 Å². The molecule has 0 saturated carbocycles. The van der Waals surface area contributed by atoms with E-state index in [0.29, 0.717) is 0 Å². The SMILES string of the molecule is Cc1coc2ccc(CCCN)cc12. The summed E-state index contributed by atoms with van der Waals surface area (Å²) in [5.41, 5.74) is 9.00. The molecule has 1 aromatic heterocycles. The molecule has 2 rings (SSSR count). The second-order valence-electron chi connectivity index (χ2n) is 3.64. The molecule has 74 valence electrons. The van der Waals surface area contributed by atoms with Crippen LogP contribution in [0, 0.1) is 6.92 Å². The van der Waals surface area contributed by atoms with Gasteiger partial charge in [0.2, 0.25) is 0 Å². The van der Waals surface area contributed by atoms with Crippen molar-refractivity contribution in [2.75, 3.05) is 6.54 Å². The third-order valence-corrected chi connectivity index (χ3v) is 2.50. The van der Waals surface area contributed by atoms with Gasteiger partial charge >= 0.3 is 0 Å². The average molecular weight is 189 g/mol. The van der Waals surface area contributed by atoms with Gasteiger partial charge in [0, 0.05) is 5.39 Å². The number of benzene rings is 1. The lowest BCUT2D eigenvalue weighted by atomic mass is 10.1. The second-order valence-corrected chi connectivity index (χ2v) is 3.64. The monoisotopic (exact) mass is 189 g/mol. The van der Waals surface area contributed by atoms with Crippen molar-refractivity contribution in [1.29, 1.82) is 0 Å². The summed E-state index contributed by atoms with van der Waals surface area (Å²) in [7, 11) is 0. The van der Waals surface area contributed by atoms with Crippen molar-refractivity contribution in [3.8, 4) is 0 Å². The van der Waals surface area contributed by atoms with Crippen LogP contribution in [0.2, 0.25) is 0 Å². The smallest absolute Gasteiger partial charge is 0.134 e. The maximum absolute atomic E-state index is 5.48. The second kappa shape index (κ2) is 3.84. The molecule has 0 atom stereocenters. The van der Waals surface area contributed by atoms with Gasteiger partial charge in [-0.3, -0.25) is 0 Å². The lowest BCUT2D eigenvalue weighted by molar-refractivity contribution is 0.613. The first-order valence-electron chi connectivity index (χ1n) is 4.98. The Hall–Kier alpha value is -1.28. The predicted molar refractivity (Wildman–Crippen MR) is 58.3 cm³/mol. The Kier molecular flexibility index (Phi) is 2.55. The summed E-state index contributed by atoms with van der Waals surface area (Å²) in [6.07, 6.45) is 3.90. The highest BCUT2D eigenvalue weighted by atomic mass is 16.3. The van der Waals surface area contributed by atoms with Crippen LogP contribution >= 0.6 is 0 Å². The molecule has 0 radical (unpaired) electrons. The Morgan fingerprint density at radius 1 is 1.36 bits per heavy atom. The average Bonchev–Trinajstić information content (AvgIpc) is 2.57. The van der Waals surface area contributed by atoms with E-state index in [0.717, 1.165) is 25.0 Å². The molecule has 0 spiro atoms. The summed E-state index contributed by atoms with van der Waals surface area (Å²) in [6, 6.07) is 6.35. The molecule has 2 N–H and O–H groups in total. The van der Waals surface area contributed by atoms with Crippen molar-refractivity contribution in [3.05, 3.63) is 35.6 Å². The number of rotatable bonds is 3. The summed E-state index contributed by atoms with van der Waals surface area (Å²) in [4.78, 5) is 0. The Balaban J connectivity index is 2.34. The number of fused-ring (bicyclic) bond motifs is 1. The first-order valence-corrected chi connectivity index (χ1v) is 4.98. The first kappa shape index (κ1) is 9.28. The van der Waals surface area contributed by atoms with Crippen molar-refractivity contribution in [3.63, 3.8) is 0 Å². The van der Waals surface area contributed by atoms with Gasteiger partial charge in [-0.25, -0.2) is 0 Å². The molecule has 0 unspecified atom stereocenters. The number of furan rings is 1. The lowest BCUT2D eigenvalue weighted by Crippen LogP contribution is -2.00. The molecule has 2 heteroatoms. The van der Waals surface area contributed by atoms with E-state index in [-0.39, 0.29) is 0 Å². The Morgan fingerprint density at radius 3 is 3.00 bits per heavy atom. The van der Waals surface area contributed by atoms with Crippen molar-refractivity contribution in [2.24, 2.45) is 5.73 Å². The number of aryl methyl sites for hydroxylation is 2. The van der Waals surface area contributed by atoms with Gasteiger partial charge in [0.05, 0.1) is 6.26 Å². The van der Waals surface area contributed by atoms with Crippen molar-refractivity contribution >= 4 is 11.0 Å². The van der Waals surface area contributed by atoms with E-state index in [2.05, 4.69) is 19.1 Å². The summed E-state index contributed by atoms with van der Waals surface area (Å²) in [5.74, 6) is 0. The maximum atomic E-state index is 5.48. The quantitative estimate of drug-likeness (QED) is 0.806. The molecule has 0 aliphatic carbocycles. The molecular weight excluding hydrogens is 174 g/mol. The van der Waals surface area contributed by atoms with Gasteiger partial charge in [0.25, 0.3) is 0 Å². The minimum Gasteiger partial charge on any atom is -0.464 e. The van der Waals surface area contributed by atoms with Gasteiger partial charge in [-0.1, -0.05) is 6.07 Å². The zero-order valence-corrected chi connectivity index (χ0v) is 8.42. The van der Waals surface area contributed by atoms with Crippen LogP contribution in [0.15, 0.2) is 28.9 Å². The van der Waals surface area contributed by atoms with Crippen LogP contribution in [0.3, 0.4) is 0 Å². The zero-order valence-electron chi connectivity index (χ0n) is 8.42. The van der Waals surface area contributed by atoms with Gasteiger partial charge in [0.1, 0.15) is 5.58 Å². The highest BCUT2D eigenvalue weighted by Crippen LogP contribution is 2.22. The zero-order chi connectivity index (χ0) is 9.97. The van der Waals surface area contributed by atoms with Gasteiger partial charge in [-0.15, -0.1) is 0 Å². The van der Waals surface area contributed by atoms with Crippen LogP contribution in [0.1, 0.15) is 17.5 Å². The fraction of sp³-hybridized carbons (Fsp3) is 0.333. The number of nitrogens with two attached hydrogens (primary N) is 1. The van der Waals surface area contributed by atoms with E-state index in [1.807, 2.05) is 6.07 Å². The number of hydrogen-bond acceptors (Lipinski definition) is 2. The van der Waals surface area contributed by atoms with E-state index in [9.17, 15) is 0 Å². The predicted octanol–water partition coefficient (Wildman–Crippen LogP) is 2.63. The first-order chi connectivity index (χ1) is 6.81.